The lowest BCUT2D eigenvalue weighted by Gasteiger charge is -2.06. The van der Waals surface area contributed by atoms with E-state index < -0.39 is 5.97 Å². The molecule has 1 aromatic rings. The third-order valence-electron chi connectivity index (χ3n) is 3.44. The second-order valence-corrected chi connectivity index (χ2v) is 6.13. The summed E-state index contributed by atoms with van der Waals surface area (Å²) >= 11 is 0. The molecule has 6 N–H and O–H groups in total. The van der Waals surface area contributed by atoms with Crippen molar-refractivity contribution in [3.05, 3.63) is 29.8 Å². The highest BCUT2D eigenvalue weighted by Gasteiger charge is 2.04. The maximum Gasteiger partial charge on any atom is 0.303 e. The Balaban J connectivity index is 0.00000153. The molecule has 1 aromatic carbocycles. The number of anilines is 1. The van der Waals surface area contributed by atoms with E-state index in [0.29, 0.717) is 24.9 Å². The zero-order valence-corrected chi connectivity index (χ0v) is 15.7. The number of carbonyl (C=O) groups excluding carboxylic acids is 3. The van der Waals surface area contributed by atoms with Crippen molar-refractivity contribution < 1.29 is 24.3 Å². The highest BCUT2D eigenvalue weighted by Crippen LogP contribution is 2.12. The molecular weight excluding hydrogens is 350 g/mol. The van der Waals surface area contributed by atoms with Crippen molar-refractivity contribution in [1.82, 2.24) is 0 Å². The molecule has 0 aromatic heterocycles. The highest BCUT2D eigenvalue weighted by molar-refractivity contribution is 5.90. The molecule has 3 amide bonds. The van der Waals surface area contributed by atoms with Gasteiger partial charge < -0.3 is 21.9 Å². The van der Waals surface area contributed by atoms with E-state index in [1.807, 2.05) is 12.1 Å². The number of benzene rings is 1. The van der Waals surface area contributed by atoms with Crippen LogP contribution >= 0.6 is 0 Å². The molecule has 0 saturated carbocycles. The second-order valence-electron chi connectivity index (χ2n) is 6.13. The normalized spacial score (nSPS) is 9.67. The number of nitrogens with one attached hydrogen (secondary N) is 1. The Hall–Kier alpha value is -2.90. The van der Waals surface area contributed by atoms with E-state index in [9.17, 15) is 19.2 Å². The average molecular weight is 379 g/mol. The summed E-state index contributed by atoms with van der Waals surface area (Å²) in [6.07, 6.45) is 4.77. The summed E-state index contributed by atoms with van der Waals surface area (Å²) in [4.78, 5) is 42.1. The van der Waals surface area contributed by atoms with Crippen molar-refractivity contribution in [3.63, 3.8) is 0 Å². The van der Waals surface area contributed by atoms with Gasteiger partial charge in [-0.3, -0.25) is 19.2 Å². The van der Waals surface area contributed by atoms with Gasteiger partial charge in [-0.05, 0) is 37.0 Å². The number of nitrogens with two attached hydrogens (primary N) is 2. The largest absolute Gasteiger partial charge is 0.481 e. The number of aryl methyl sites for hydroxylation is 1. The van der Waals surface area contributed by atoms with Crippen LogP contribution < -0.4 is 16.8 Å². The molecule has 1 rings (SSSR count). The van der Waals surface area contributed by atoms with E-state index in [0.717, 1.165) is 31.2 Å². The minimum Gasteiger partial charge on any atom is -0.481 e. The second kappa shape index (κ2) is 14.3. The molecule has 0 saturated heterocycles. The van der Waals surface area contributed by atoms with Crippen LogP contribution in [0.5, 0.6) is 0 Å². The molecule has 0 aliphatic carbocycles. The van der Waals surface area contributed by atoms with Crippen molar-refractivity contribution in [2.45, 2.75) is 58.3 Å². The third-order valence-corrected chi connectivity index (χ3v) is 3.44. The van der Waals surface area contributed by atoms with Crippen LogP contribution in [0, 0.1) is 0 Å². The maximum atomic E-state index is 11.8. The fourth-order valence-electron chi connectivity index (χ4n) is 2.17. The lowest BCUT2D eigenvalue weighted by atomic mass is 10.1. The number of hydrogen-bond acceptors (Lipinski definition) is 4. The number of primary amides is 2. The molecule has 0 unspecified atom stereocenters. The first-order chi connectivity index (χ1) is 12.7. The van der Waals surface area contributed by atoms with Crippen LogP contribution in [0.2, 0.25) is 0 Å². The molecule has 27 heavy (non-hydrogen) atoms. The monoisotopic (exact) mass is 379 g/mol. The molecule has 0 fully saturated rings. The highest BCUT2D eigenvalue weighted by atomic mass is 16.4. The maximum absolute atomic E-state index is 11.8. The summed E-state index contributed by atoms with van der Waals surface area (Å²) in [6.45, 7) is 1.31. The van der Waals surface area contributed by atoms with Gasteiger partial charge in [-0.25, -0.2) is 0 Å². The summed E-state index contributed by atoms with van der Waals surface area (Å²) in [6, 6.07) is 7.20. The molecule has 150 valence electrons. The van der Waals surface area contributed by atoms with Crippen LogP contribution in [0.4, 0.5) is 5.69 Å². The Morgan fingerprint density at radius 2 is 1.41 bits per heavy atom. The number of aliphatic carboxylic acids is 1. The number of carbonyl (C=O) groups is 4. The summed E-state index contributed by atoms with van der Waals surface area (Å²) < 4.78 is 0. The summed E-state index contributed by atoms with van der Waals surface area (Å²) in [5, 5.41) is 11.4. The number of carboxylic acid groups (broad SMARTS) is 1. The Labute approximate surface area is 159 Å². The van der Waals surface area contributed by atoms with Crippen LogP contribution in [0.1, 0.15) is 57.4 Å². The van der Waals surface area contributed by atoms with Crippen LogP contribution in [-0.4, -0.2) is 28.8 Å². The van der Waals surface area contributed by atoms with E-state index >= 15 is 0 Å². The van der Waals surface area contributed by atoms with E-state index in [1.54, 1.807) is 12.1 Å². The van der Waals surface area contributed by atoms with Gasteiger partial charge >= 0.3 is 5.97 Å². The van der Waals surface area contributed by atoms with Crippen molar-refractivity contribution >= 4 is 29.4 Å². The van der Waals surface area contributed by atoms with Gasteiger partial charge in [-0.1, -0.05) is 25.0 Å². The Morgan fingerprint density at radius 3 is 1.89 bits per heavy atom. The quantitative estimate of drug-likeness (QED) is 0.433. The molecule has 0 radical (unpaired) electrons. The van der Waals surface area contributed by atoms with E-state index in [1.165, 1.54) is 6.92 Å². The van der Waals surface area contributed by atoms with Crippen LogP contribution in [0.3, 0.4) is 0 Å². The molecular formula is C19H29N3O5. The standard InChI is InChI=1S/C17H24N2O4.C2H5NO/c18-15(20)5-3-1-2-4-6-16(21)19-14-10-7-13(8-11-14)9-12-17(22)23;1-2(3)4/h7-8,10-11H,1-6,9,12H2,(H2,18,20)(H,19,21)(H,22,23);1H3,(H2,3,4). The van der Waals surface area contributed by atoms with Crippen LogP contribution in [-0.2, 0) is 25.6 Å². The first kappa shape index (κ1) is 24.1. The molecule has 0 aliphatic heterocycles. The summed E-state index contributed by atoms with van der Waals surface area (Å²) in [7, 11) is 0. The summed E-state index contributed by atoms with van der Waals surface area (Å²) in [5.41, 5.74) is 11.2. The number of rotatable bonds is 11. The fraction of sp³-hybridized carbons (Fsp3) is 0.474. The first-order valence-corrected chi connectivity index (χ1v) is 8.85. The van der Waals surface area contributed by atoms with Gasteiger partial charge in [0, 0.05) is 31.9 Å². The zero-order valence-electron chi connectivity index (χ0n) is 15.7. The van der Waals surface area contributed by atoms with Crippen molar-refractivity contribution in [3.8, 4) is 0 Å². The predicted molar refractivity (Wildman–Crippen MR) is 103 cm³/mol. The molecule has 0 spiro atoms. The molecule has 0 bridgehead atoms. The molecule has 0 aliphatic rings. The smallest absolute Gasteiger partial charge is 0.303 e. The lowest BCUT2D eigenvalue weighted by Crippen LogP contribution is -2.11. The van der Waals surface area contributed by atoms with E-state index in [2.05, 4.69) is 11.1 Å². The van der Waals surface area contributed by atoms with Crippen molar-refractivity contribution in [2.75, 3.05) is 5.32 Å². The third kappa shape index (κ3) is 16.3. The Morgan fingerprint density at radius 1 is 0.889 bits per heavy atom. The lowest BCUT2D eigenvalue weighted by molar-refractivity contribution is -0.137. The van der Waals surface area contributed by atoms with E-state index in [-0.39, 0.29) is 24.1 Å². The van der Waals surface area contributed by atoms with Gasteiger partial charge in [0.1, 0.15) is 0 Å². The number of carboxylic acids is 1. The molecule has 0 atom stereocenters. The van der Waals surface area contributed by atoms with Gasteiger partial charge in [-0.2, -0.15) is 0 Å². The first-order valence-electron chi connectivity index (χ1n) is 8.85. The SMILES string of the molecule is CC(N)=O.NC(=O)CCCCCCC(=O)Nc1ccc(CCC(=O)O)cc1. The van der Waals surface area contributed by atoms with E-state index in [4.69, 9.17) is 10.8 Å². The number of amides is 3. The Kier molecular flexibility index (Phi) is 12.8. The van der Waals surface area contributed by atoms with Gasteiger partial charge in [0.05, 0.1) is 0 Å². The number of unbranched alkanes of at least 4 members (excludes halogenated alkanes) is 3. The van der Waals surface area contributed by atoms with Gasteiger partial charge in [-0.15, -0.1) is 0 Å². The Bertz CT molecular complexity index is 610. The van der Waals surface area contributed by atoms with Gasteiger partial charge in [0.25, 0.3) is 0 Å². The zero-order chi connectivity index (χ0) is 20.7. The molecule has 8 heteroatoms. The van der Waals surface area contributed by atoms with Crippen LogP contribution in [0.25, 0.3) is 0 Å². The van der Waals surface area contributed by atoms with Crippen molar-refractivity contribution in [1.29, 1.82) is 0 Å². The molecule has 0 heterocycles. The number of hydrogen-bond donors (Lipinski definition) is 4. The van der Waals surface area contributed by atoms with Gasteiger partial charge in [0.2, 0.25) is 17.7 Å². The predicted octanol–water partition coefficient (Wildman–Crippen LogP) is 1.96. The molecule has 8 nitrogen and oxygen atoms in total. The van der Waals surface area contributed by atoms with Gasteiger partial charge in [0.15, 0.2) is 0 Å². The minimum atomic E-state index is -0.821. The topological polar surface area (TPSA) is 153 Å². The summed E-state index contributed by atoms with van der Waals surface area (Å²) in [5.74, 6) is -1.48. The fourth-order valence-corrected chi connectivity index (χ4v) is 2.17. The van der Waals surface area contributed by atoms with Crippen LogP contribution in [0.15, 0.2) is 24.3 Å². The van der Waals surface area contributed by atoms with Crippen molar-refractivity contribution in [2.24, 2.45) is 11.5 Å². The average Bonchev–Trinajstić information content (AvgIpc) is 2.56. The minimum absolute atomic E-state index is 0.0433.